The summed E-state index contributed by atoms with van der Waals surface area (Å²) < 4.78 is 0. The number of carboxylic acids is 1. The molecule has 1 aliphatic heterocycles. The molecule has 2 aliphatic rings. The highest BCUT2D eigenvalue weighted by atomic mass is 16.4. The molecule has 1 aliphatic carbocycles. The third-order valence-corrected chi connectivity index (χ3v) is 6.19. The molecule has 0 saturated heterocycles. The Morgan fingerprint density at radius 3 is 2.23 bits per heavy atom. The normalized spacial score (nSPS) is 23.0. The monoisotopic (exact) mass is 401 g/mol. The Hall–Kier alpha value is -3.01. The molecule has 0 spiro atoms. The van der Waals surface area contributed by atoms with E-state index in [9.17, 15) is 14.7 Å². The van der Waals surface area contributed by atoms with Crippen LogP contribution in [-0.2, 0) is 9.59 Å². The minimum absolute atomic E-state index is 0.0936. The lowest BCUT2D eigenvalue weighted by Crippen LogP contribution is -2.44. The van der Waals surface area contributed by atoms with Crippen molar-refractivity contribution >= 4 is 17.5 Å². The second-order valence-corrected chi connectivity index (χ2v) is 9.05. The quantitative estimate of drug-likeness (QED) is 0.720. The zero-order valence-electron chi connectivity index (χ0n) is 17.7. The van der Waals surface area contributed by atoms with E-state index in [1.807, 2.05) is 61.5 Å². The van der Waals surface area contributed by atoms with Crippen molar-refractivity contribution in [3.05, 3.63) is 71.4 Å². The summed E-state index contributed by atoms with van der Waals surface area (Å²) in [5.41, 5.74) is 4.60. The number of nitrogens with zero attached hydrogens (tertiary/aromatic N) is 1. The van der Waals surface area contributed by atoms with E-state index in [1.165, 1.54) is 0 Å². The van der Waals surface area contributed by atoms with Crippen LogP contribution in [0.5, 0.6) is 0 Å². The molecule has 0 radical (unpaired) electrons. The highest BCUT2D eigenvalue weighted by Gasteiger charge is 2.47. The maximum Gasteiger partial charge on any atom is 0.334 e. The fourth-order valence-electron chi connectivity index (χ4n) is 4.90. The fraction of sp³-hybridized carbons (Fsp3) is 0.346. The predicted molar refractivity (Wildman–Crippen MR) is 119 cm³/mol. The highest BCUT2D eigenvalue weighted by molar-refractivity contribution is 6.12. The molecular formula is C26H27NO3. The van der Waals surface area contributed by atoms with Gasteiger partial charge in [0.15, 0.2) is 0 Å². The lowest BCUT2D eigenvalue weighted by Gasteiger charge is -2.41. The van der Waals surface area contributed by atoms with Gasteiger partial charge in [-0.05, 0) is 34.9 Å². The summed E-state index contributed by atoms with van der Waals surface area (Å²) in [4.78, 5) is 30.2. The number of carbonyl (C=O) groups is 2. The van der Waals surface area contributed by atoms with Crippen molar-refractivity contribution in [3.8, 4) is 11.1 Å². The molecule has 2 aromatic rings. The average Bonchev–Trinajstić information content (AvgIpc) is 2.72. The van der Waals surface area contributed by atoms with E-state index in [0.29, 0.717) is 18.5 Å². The number of hydrogen-bond acceptors (Lipinski definition) is 3. The van der Waals surface area contributed by atoms with Crippen molar-refractivity contribution in [3.63, 3.8) is 0 Å². The lowest BCUT2D eigenvalue weighted by atomic mass is 9.63. The van der Waals surface area contributed by atoms with Crippen LogP contribution in [0.4, 0.5) is 0 Å². The third kappa shape index (κ3) is 3.62. The second kappa shape index (κ2) is 7.67. The molecular weight excluding hydrogens is 374 g/mol. The van der Waals surface area contributed by atoms with Crippen LogP contribution in [0.3, 0.4) is 0 Å². The van der Waals surface area contributed by atoms with E-state index in [0.717, 1.165) is 28.8 Å². The molecule has 0 aromatic heterocycles. The number of carbonyl (C=O) groups excluding carboxylic acids is 1. The first-order chi connectivity index (χ1) is 14.3. The Morgan fingerprint density at radius 1 is 1.00 bits per heavy atom. The van der Waals surface area contributed by atoms with Gasteiger partial charge < -0.3 is 5.11 Å². The standard InChI is InChI=1S/C26H27NO3/c1-4-19-24(25(29)30)22(23-20(27-19)14-26(2,3)15-21(23)28)18-12-10-17(11-13-18)16-8-6-5-7-9-16/h5-13,22-23H,4,14-15H2,1-3H3,(H,29,30). The van der Waals surface area contributed by atoms with E-state index < -0.39 is 17.8 Å². The first-order valence-corrected chi connectivity index (χ1v) is 10.5. The van der Waals surface area contributed by atoms with Crippen molar-refractivity contribution in [2.45, 2.75) is 46.0 Å². The number of fused-ring (bicyclic) bond motifs is 1. The van der Waals surface area contributed by atoms with E-state index in [2.05, 4.69) is 13.8 Å². The van der Waals surface area contributed by atoms with E-state index in [1.54, 1.807) is 0 Å². The third-order valence-electron chi connectivity index (χ3n) is 6.19. The largest absolute Gasteiger partial charge is 0.478 e. The number of aliphatic carboxylic acids is 1. The molecule has 4 heteroatoms. The molecule has 2 unspecified atom stereocenters. The number of rotatable bonds is 4. The van der Waals surface area contributed by atoms with Crippen molar-refractivity contribution in [1.82, 2.24) is 0 Å². The van der Waals surface area contributed by atoms with Crippen molar-refractivity contribution in [1.29, 1.82) is 0 Å². The zero-order chi connectivity index (χ0) is 21.5. The van der Waals surface area contributed by atoms with Crippen LogP contribution in [0.1, 0.15) is 51.5 Å². The van der Waals surface area contributed by atoms with Crippen LogP contribution in [0.25, 0.3) is 11.1 Å². The molecule has 30 heavy (non-hydrogen) atoms. The lowest BCUT2D eigenvalue weighted by molar-refractivity contribution is -0.133. The summed E-state index contributed by atoms with van der Waals surface area (Å²) >= 11 is 0. The Bertz CT molecular complexity index is 1050. The summed E-state index contributed by atoms with van der Waals surface area (Å²) in [6.07, 6.45) is 1.70. The van der Waals surface area contributed by atoms with Crippen molar-refractivity contribution < 1.29 is 14.7 Å². The Kier molecular flexibility index (Phi) is 5.19. The van der Waals surface area contributed by atoms with Gasteiger partial charge in [0.2, 0.25) is 0 Å². The summed E-state index contributed by atoms with van der Waals surface area (Å²) in [6, 6.07) is 18.0. The number of Topliss-reactive ketones (excluding diaryl/α,β-unsaturated/α-hetero) is 1. The molecule has 2 aromatic carbocycles. The van der Waals surface area contributed by atoms with Gasteiger partial charge in [-0.2, -0.15) is 0 Å². The first kappa shape index (κ1) is 20.3. The van der Waals surface area contributed by atoms with E-state index in [4.69, 9.17) is 4.99 Å². The van der Waals surface area contributed by atoms with Gasteiger partial charge in [0, 0.05) is 18.1 Å². The molecule has 4 nitrogen and oxygen atoms in total. The summed E-state index contributed by atoms with van der Waals surface area (Å²) in [5, 5.41) is 10.0. The van der Waals surface area contributed by atoms with Gasteiger partial charge in [0.05, 0.1) is 17.2 Å². The summed E-state index contributed by atoms with van der Waals surface area (Å²) in [5.74, 6) is -1.86. The number of aliphatic imine (C=N–C) groups is 1. The van der Waals surface area contributed by atoms with Gasteiger partial charge in [-0.15, -0.1) is 0 Å². The van der Waals surface area contributed by atoms with Crippen LogP contribution in [-0.4, -0.2) is 22.6 Å². The van der Waals surface area contributed by atoms with Gasteiger partial charge in [0.1, 0.15) is 5.78 Å². The molecule has 1 heterocycles. The Labute approximate surface area is 177 Å². The van der Waals surface area contributed by atoms with Crippen molar-refractivity contribution in [2.75, 3.05) is 0 Å². The van der Waals surface area contributed by atoms with Gasteiger partial charge in [-0.1, -0.05) is 75.4 Å². The number of hydrogen-bond donors (Lipinski definition) is 1. The van der Waals surface area contributed by atoms with Crippen LogP contribution in [0, 0.1) is 11.3 Å². The predicted octanol–water partition coefficient (Wildman–Crippen LogP) is 5.65. The Morgan fingerprint density at radius 2 is 1.63 bits per heavy atom. The molecule has 1 N–H and O–H groups in total. The molecule has 154 valence electrons. The van der Waals surface area contributed by atoms with Gasteiger partial charge in [0.25, 0.3) is 0 Å². The minimum Gasteiger partial charge on any atom is -0.478 e. The highest BCUT2D eigenvalue weighted by Crippen LogP contribution is 2.47. The SMILES string of the molecule is CCC1=C(C(=O)O)C(c2ccc(-c3ccccc3)cc2)C2C(=O)CC(C)(C)CC2=N1. The minimum atomic E-state index is -0.982. The summed E-state index contributed by atoms with van der Waals surface area (Å²) in [7, 11) is 0. The molecule has 2 atom stereocenters. The molecule has 0 amide bonds. The number of carboxylic acid groups (broad SMARTS) is 1. The van der Waals surface area contributed by atoms with Crippen LogP contribution < -0.4 is 0 Å². The number of ketones is 1. The molecule has 0 bridgehead atoms. The molecule has 1 fully saturated rings. The van der Waals surface area contributed by atoms with E-state index in [-0.39, 0.29) is 16.8 Å². The second-order valence-electron chi connectivity index (χ2n) is 9.05. The number of benzene rings is 2. The maximum atomic E-state index is 13.2. The van der Waals surface area contributed by atoms with Gasteiger partial charge >= 0.3 is 5.97 Å². The zero-order valence-corrected chi connectivity index (χ0v) is 17.7. The van der Waals surface area contributed by atoms with Crippen molar-refractivity contribution in [2.24, 2.45) is 16.3 Å². The van der Waals surface area contributed by atoms with Crippen LogP contribution >= 0.6 is 0 Å². The molecule has 4 rings (SSSR count). The average molecular weight is 402 g/mol. The Balaban J connectivity index is 1.81. The van der Waals surface area contributed by atoms with Gasteiger partial charge in [-0.3, -0.25) is 9.79 Å². The number of allylic oxidation sites excluding steroid dienone is 1. The van der Waals surface area contributed by atoms with Crippen LogP contribution in [0.2, 0.25) is 0 Å². The smallest absolute Gasteiger partial charge is 0.334 e. The van der Waals surface area contributed by atoms with Gasteiger partial charge in [-0.25, -0.2) is 4.79 Å². The fourth-order valence-corrected chi connectivity index (χ4v) is 4.90. The topological polar surface area (TPSA) is 66.7 Å². The van der Waals surface area contributed by atoms with Crippen LogP contribution in [0.15, 0.2) is 70.9 Å². The maximum absolute atomic E-state index is 13.2. The molecule has 1 saturated carbocycles. The summed E-state index contributed by atoms with van der Waals surface area (Å²) in [6.45, 7) is 6.08. The van der Waals surface area contributed by atoms with E-state index >= 15 is 0 Å². The first-order valence-electron chi connectivity index (χ1n) is 10.5.